The average Bonchev–Trinajstić information content (AvgIpc) is 3.42. The summed E-state index contributed by atoms with van der Waals surface area (Å²) in [6.45, 7) is 1.78. The lowest BCUT2D eigenvalue weighted by atomic mass is 9.80. The van der Waals surface area contributed by atoms with E-state index in [9.17, 15) is 4.39 Å². The van der Waals surface area contributed by atoms with Crippen molar-refractivity contribution in [1.82, 2.24) is 10.3 Å². The van der Waals surface area contributed by atoms with E-state index in [1.54, 1.807) is 12.1 Å². The molecule has 0 saturated heterocycles. The van der Waals surface area contributed by atoms with Crippen molar-refractivity contribution < 1.29 is 18.4 Å². The van der Waals surface area contributed by atoms with E-state index in [2.05, 4.69) is 10.3 Å². The smallest absolute Gasteiger partial charge is 0.341 e. The van der Waals surface area contributed by atoms with Crippen LogP contribution in [0.15, 0.2) is 65.8 Å². The number of guanidine groups is 1. The minimum absolute atomic E-state index is 0.188. The maximum absolute atomic E-state index is 14.5. The number of ether oxygens (including phenoxy) is 2. The first-order valence-corrected chi connectivity index (χ1v) is 10.5. The first kappa shape index (κ1) is 18.8. The zero-order valence-corrected chi connectivity index (χ0v) is 17.2. The molecule has 3 N–H and O–H groups in total. The third kappa shape index (κ3) is 2.69. The van der Waals surface area contributed by atoms with Gasteiger partial charge in [0, 0.05) is 29.3 Å². The number of fused-ring (bicyclic) bond motifs is 1. The molecule has 8 heteroatoms. The number of amidine groups is 1. The van der Waals surface area contributed by atoms with Crippen LogP contribution in [0.1, 0.15) is 17.5 Å². The van der Waals surface area contributed by atoms with Crippen molar-refractivity contribution >= 4 is 11.8 Å². The van der Waals surface area contributed by atoms with E-state index in [4.69, 9.17) is 20.2 Å². The lowest BCUT2D eigenvalue weighted by molar-refractivity contribution is -0.415. The Labute approximate surface area is 184 Å². The van der Waals surface area contributed by atoms with Gasteiger partial charge in [-0.2, -0.15) is 4.39 Å². The molecule has 0 spiro atoms. The molecule has 0 fully saturated rings. The fourth-order valence-corrected chi connectivity index (χ4v) is 4.69. The van der Waals surface area contributed by atoms with Crippen LogP contribution in [0.4, 0.5) is 4.39 Å². The molecule has 6 rings (SSSR count). The first-order valence-electron chi connectivity index (χ1n) is 10.5. The Morgan fingerprint density at radius 3 is 2.81 bits per heavy atom. The number of aliphatic imine (C=N–C) groups is 1. The number of hydrogen-bond acceptors (Lipinski definition) is 6. The molecule has 2 aromatic carbocycles. The molecule has 3 aliphatic heterocycles. The maximum atomic E-state index is 14.5. The largest absolute Gasteiger partial charge is 0.454 e. The van der Waals surface area contributed by atoms with Gasteiger partial charge in [-0.25, -0.2) is 9.56 Å². The molecule has 160 valence electrons. The van der Waals surface area contributed by atoms with E-state index < -0.39 is 11.5 Å². The molecule has 3 aliphatic rings. The van der Waals surface area contributed by atoms with E-state index in [1.807, 2.05) is 47.0 Å². The highest BCUT2D eigenvalue weighted by Crippen LogP contribution is 2.43. The molecular weight excluding hydrogens is 409 g/mol. The maximum Gasteiger partial charge on any atom is 0.341 e. The number of pyridine rings is 1. The van der Waals surface area contributed by atoms with Crippen molar-refractivity contribution in [1.29, 1.82) is 0 Å². The van der Waals surface area contributed by atoms with Crippen LogP contribution >= 0.6 is 0 Å². The molecule has 0 amide bonds. The molecule has 7 nitrogen and oxygen atoms in total. The summed E-state index contributed by atoms with van der Waals surface area (Å²) in [4.78, 5) is 8.81. The van der Waals surface area contributed by atoms with Crippen LogP contribution in [0, 0.1) is 5.95 Å². The van der Waals surface area contributed by atoms with Gasteiger partial charge in [-0.1, -0.05) is 24.3 Å². The predicted octanol–water partition coefficient (Wildman–Crippen LogP) is 2.59. The van der Waals surface area contributed by atoms with Crippen LogP contribution in [0.3, 0.4) is 0 Å². The number of nitrogens with two attached hydrogens (primary N) is 1. The van der Waals surface area contributed by atoms with E-state index in [-0.39, 0.29) is 6.79 Å². The van der Waals surface area contributed by atoms with Gasteiger partial charge >= 0.3 is 5.96 Å². The lowest BCUT2D eigenvalue weighted by Crippen LogP contribution is -2.50. The number of rotatable bonds is 3. The number of halogens is 1. The molecule has 0 aliphatic carbocycles. The third-order valence-corrected chi connectivity index (χ3v) is 6.16. The Bertz CT molecular complexity index is 1310. The first-order chi connectivity index (χ1) is 15.7. The van der Waals surface area contributed by atoms with Gasteiger partial charge in [0.15, 0.2) is 11.5 Å². The molecule has 0 radical (unpaired) electrons. The van der Waals surface area contributed by atoms with Crippen LogP contribution < -0.4 is 20.5 Å². The molecule has 1 unspecified atom stereocenters. The van der Waals surface area contributed by atoms with Crippen LogP contribution in [0.2, 0.25) is 0 Å². The summed E-state index contributed by atoms with van der Waals surface area (Å²) in [5.41, 5.74) is 8.41. The summed E-state index contributed by atoms with van der Waals surface area (Å²) < 4.78 is 27.6. The Morgan fingerprint density at radius 1 is 1.03 bits per heavy atom. The molecular formula is C24H21FN5O2+. The lowest BCUT2D eigenvalue weighted by Gasteiger charge is -2.28. The van der Waals surface area contributed by atoms with E-state index >= 15 is 0 Å². The Morgan fingerprint density at radius 2 is 1.91 bits per heavy atom. The van der Waals surface area contributed by atoms with Crippen LogP contribution in [0.5, 0.6) is 11.5 Å². The quantitative estimate of drug-likeness (QED) is 0.493. The highest BCUT2D eigenvalue weighted by Gasteiger charge is 2.52. The fourth-order valence-electron chi connectivity index (χ4n) is 4.69. The SMILES string of the molecule is NC1=NC(c2cccc(-c3cccnc3F)c2)(c2ccc3c(c2)OCO3)C2=[N+]1CCCN2. The monoisotopic (exact) mass is 430 g/mol. The molecule has 4 heterocycles. The molecule has 32 heavy (non-hydrogen) atoms. The van der Waals surface area contributed by atoms with E-state index in [1.165, 1.54) is 6.20 Å². The summed E-state index contributed by atoms with van der Waals surface area (Å²) in [7, 11) is 0. The van der Waals surface area contributed by atoms with Crippen molar-refractivity contribution in [2.45, 2.75) is 12.0 Å². The van der Waals surface area contributed by atoms with Crippen molar-refractivity contribution in [2.75, 3.05) is 19.9 Å². The molecule has 1 atom stereocenters. The normalized spacial score (nSPS) is 21.2. The highest BCUT2D eigenvalue weighted by atomic mass is 19.1. The van der Waals surface area contributed by atoms with Gasteiger partial charge < -0.3 is 20.5 Å². The van der Waals surface area contributed by atoms with Crippen LogP contribution in [0.25, 0.3) is 11.1 Å². The van der Waals surface area contributed by atoms with Gasteiger partial charge in [-0.05, 0) is 35.9 Å². The number of nitrogens with one attached hydrogen (secondary N) is 1. The Balaban J connectivity index is 1.59. The minimum atomic E-state index is -0.916. The van der Waals surface area contributed by atoms with Crippen molar-refractivity contribution in [3.63, 3.8) is 0 Å². The summed E-state index contributed by atoms with van der Waals surface area (Å²) in [5, 5.41) is 3.53. The van der Waals surface area contributed by atoms with Crippen molar-refractivity contribution in [3.05, 3.63) is 77.9 Å². The van der Waals surface area contributed by atoms with Gasteiger partial charge in [-0.3, -0.25) is 0 Å². The second-order valence-electron chi connectivity index (χ2n) is 7.95. The topological polar surface area (TPSA) is 84.8 Å². The molecule has 0 saturated carbocycles. The minimum Gasteiger partial charge on any atom is -0.454 e. The highest BCUT2D eigenvalue weighted by molar-refractivity contribution is 6.01. The number of hydrogen-bond donors (Lipinski definition) is 2. The fraction of sp³-hybridized carbons (Fsp3) is 0.208. The predicted molar refractivity (Wildman–Crippen MR) is 117 cm³/mol. The average molecular weight is 430 g/mol. The van der Waals surface area contributed by atoms with Gasteiger partial charge in [0.05, 0.1) is 13.1 Å². The Hall–Kier alpha value is -3.94. The van der Waals surface area contributed by atoms with Gasteiger partial charge in [0.2, 0.25) is 24.1 Å². The zero-order chi connectivity index (χ0) is 21.7. The van der Waals surface area contributed by atoms with Gasteiger partial charge in [0.25, 0.3) is 0 Å². The zero-order valence-electron chi connectivity index (χ0n) is 17.2. The van der Waals surface area contributed by atoms with Crippen LogP contribution in [-0.2, 0) is 5.54 Å². The van der Waals surface area contributed by atoms with Gasteiger partial charge in [0.1, 0.15) is 0 Å². The standard InChI is InChI=1S/C24H20FN5O2/c25-21-18(6-2-9-27-21)15-4-1-5-16(12-15)24(17-7-8-19-20(13-17)32-14-31-19)22-28-10-3-11-30(22)23(26)29-24/h1-2,4-9,12-13H,3,10-11,14H2,(H2,26,29)/p+1. The van der Waals surface area contributed by atoms with Gasteiger partial charge in [-0.15, -0.1) is 4.99 Å². The van der Waals surface area contributed by atoms with Crippen molar-refractivity contribution in [3.8, 4) is 22.6 Å². The molecule has 1 aromatic heterocycles. The number of nitrogens with zero attached hydrogens (tertiary/aromatic N) is 3. The summed E-state index contributed by atoms with van der Waals surface area (Å²) in [5.74, 6) is 2.19. The summed E-state index contributed by atoms with van der Waals surface area (Å²) in [6, 6.07) is 17.0. The second-order valence-corrected chi connectivity index (χ2v) is 7.95. The Kier molecular flexibility index (Phi) is 4.14. The third-order valence-electron chi connectivity index (χ3n) is 6.16. The second kappa shape index (κ2) is 7.05. The number of benzene rings is 2. The van der Waals surface area contributed by atoms with E-state index in [0.717, 1.165) is 42.0 Å². The summed E-state index contributed by atoms with van der Waals surface area (Å²) >= 11 is 0. The number of aromatic nitrogens is 1. The van der Waals surface area contributed by atoms with E-state index in [0.29, 0.717) is 23.0 Å². The van der Waals surface area contributed by atoms with Crippen LogP contribution in [-0.4, -0.2) is 41.2 Å². The molecule has 3 aromatic rings. The van der Waals surface area contributed by atoms with Crippen molar-refractivity contribution in [2.24, 2.45) is 10.7 Å². The molecule has 0 bridgehead atoms. The summed E-state index contributed by atoms with van der Waals surface area (Å²) in [6.07, 6.45) is 2.40.